The summed E-state index contributed by atoms with van der Waals surface area (Å²) >= 11 is 0. The summed E-state index contributed by atoms with van der Waals surface area (Å²) in [5.41, 5.74) is 1.88. The minimum absolute atomic E-state index is 0.164. The Balaban J connectivity index is 1.96. The third-order valence-electron chi connectivity index (χ3n) is 2.77. The van der Waals surface area contributed by atoms with Gasteiger partial charge in [-0.2, -0.15) is 4.98 Å². The van der Waals surface area contributed by atoms with E-state index in [2.05, 4.69) is 15.3 Å². The van der Waals surface area contributed by atoms with E-state index in [1.54, 1.807) is 13.0 Å². The molecule has 0 aliphatic heterocycles. The van der Waals surface area contributed by atoms with Crippen LogP contribution in [-0.2, 0) is 16.1 Å². The number of aromatic nitrogens is 2. The van der Waals surface area contributed by atoms with Crippen molar-refractivity contribution in [2.75, 3.05) is 18.5 Å². The van der Waals surface area contributed by atoms with Crippen molar-refractivity contribution < 1.29 is 14.3 Å². The molecule has 1 aromatic heterocycles. The predicted octanol–water partition coefficient (Wildman–Crippen LogP) is 2.34. The Morgan fingerprint density at radius 2 is 2.00 bits per heavy atom. The first-order valence-electron chi connectivity index (χ1n) is 7.09. The predicted molar refractivity (Wildman–Crippen MR) is 82.7 cm³/mol. The van der Waals surface area contributed by atoms with E-state index in [0.29, 0.717) is 25.0 Å². The first-order valence-corrected chi connectivity index (χ1v) is 7.09. The van der Waals surface area contributed by atoms with E-state index in [4.69, 9.17) is 9.47 Å². The monoisotopic (exact) mass is 301 g/mol. The van der Waals surface area contributed by atoms with Crippen LogP contribution in [0.5, 0.6) is 5.88 Å². The van der Waals surface area contributed by atoms with Crippen LogP contribution in [0.1, 0.15) is 18.2 Å². The lowest BCUT2D eigenvalue weighted by molar-refractivity contribution is -0.145. The van der Waals surface area contributed by atoms with Crippen molar-refractivity contribution >= 4 is 11.9 Å². The minimum Gasteiger partial charge on any atom is -0.466 e. The minimum atomic E-state index is -0.419. The SMILES string of the molecule is CCOC(=O)COc1cc(C)nc(NCc2ccccc2)n1. The molecular weight excluding hydrogens is 282 g/mol. The number of hydrogen-bond acceptors (Lipinski definition) is 6. The molecule has 0 saturated heterocycles. The summed E-state index contributed by atoms with van der Waals surface area (Å²) < 4.78 is 10.1. The van der Waals surface area contributed by atoms with E-state index in [9.17, 15) is 4.79 Å². The smallest absolute Gasteiger partial charge is 0.344 e. The van der Waals surface area contributed by atoms with Crippen LogP contribution in [0.4, 0.5) is 5.95 Å². The third kappa shape index (κ3) is 5.05. The molecule has 0 aliphatic rings. The van der Waals surface area contributed by atoms with E-state index in [0.717, 1.165) is 11.3 Å². The maximum absolute atomic E-state index is 11.3. The second-order valence-electron chi connectivity index (χ2n) is 4.60. The lowest BCUT2D eigenvalue weighted by atomic mass is 10.2. The highest BCUT2D eigenvalue weighted by Gasteiger charge is 2.07. The molecule has 0 unspecified atom stereocenters. The Morgan fingerprint density at radius 3 is 2.73 bits per heavy atom. The van der Waals surface area contributed by atoms with Crippen molar-refractivity contribution in [3.63, 3.8) is 0 Å². The zero-order chi connectivity index (χ0) is 15.8. The fourth-order valence-corrected chi connectivity index (χ4v) is 1.81. The zero-order valence-corrected chi connectivity index (χ0v) is 12.7. The molecule has 0 aliphatic carbocycles. The molecular formula is C16H19N3O3. The van der Waals surface area contributed by atoms with E-state index in [-0.39, 0.29) is 6.61 Å². The number of carbonyl (C=O) groups is 1. The highest BCUT2D eigenvalue weighted by molar-refractivity contribution is 5.71. The van der Waals surface area contributed by atoms with Crippen molar-refractivity contribution in [2.24, 2.45) is 0 Å². The Bertz CT molecular complexity index is 617. The summed E-state index contributed by atoms with van der Waals surface area (Å²) in [5.74, 6) is 0.386. The average Bonchev–Trinajstić information content (AvgIpc) is 2.52. The Labute approximate surface area is 129 Å². The molecule has 0 radical (unpaired) electrons. The number of carbonyl (C=O) groups excluding carboxylic acids is 1. The van der Waals surface area contributed by atoms with Gasteiger partial charge >= 0.3 is 5.97 Å². The Hall–Kier alpha value is -2.63. The molecule has 1 heterocycles. The Morgan fingerprint density at radius 1 is 1.23 bits per heavy atom. The van der Waals surface area contributed by atoms with Crippen molar-refractivity contribution in [1.29, 1.82) is 0 Å². The van der Waals surface area contributed by atoms with Crippen LogP contribution in [0.3, 0.4) is 0 Å². The van der Waals surface area contributed by atoms with Gasteiger partial charge in [-0.3, -0.25) is 0 Å². The normalized spacial score (nSPS) is 10.1. The van der Waals surface area contributed by atoms with Gasteiger partial charge in [0.15, 0.2) is 6.61 Å². The van der Waals surface area contributed by atoms with E-state index >= 15 is 0 Å². The zero-order valence-electron chi connectivity index (χ0n) is 12.7. The van der Waals surface area contributed by atoms with Crippen LogP contribution < -0.4 is 10.1 Å². The molecule has 0 atom stereocenters. The highest BCUT2D eigenvalue weighted by atomic mass is 16.6. The topological polar surface area (TPSA) is 73.3 Å². The van der Waals surface area contributed by atoms with Gasteiger partial charge in [0, 0.05) is 18.3 Å². The molecule has 6 nitrogen and oxygen atoms in total. The van der Waals surface area contributed by atoms with Gasteiger partial charge in [-0.15, -0.1) is 0 Å². The standard InChI is InChI=1S/C16H19N3O3/c1-3-21-15(20)11-22-14-9-12(2)18-16(19-14)17-10-13-7-5-4-6-8-13/h4-9H,3,10-11H2,1-2H3,(H,17,18,19). The van der Waals surface area contributed by atoms with Crippen LogP contribution in [0.15, 0.2) is 36.4 Å². The van der Waals surface area contributed by atoms with Gasteiger partial charge < -0.3 is 14.8 Å². The molecule has 6 heteroatoms. The van der Waals surface area contributed by atoms with Crippen LogP contribution in [-0.4, -0.2) is 29.2 Å². The highest BCUT2D eigenvalue weighted by Crippen LogP contribution is 2.13. The molecule has 2 aromatic rings. The fourth-order valence-electron chi connectivity index (χ4n) is 1.81. The number of rotatable bonds is 7. The summed E-state index contributed by atoms with van der Waals surface area (Å²) in [6.07, 6.45) is 0. The number of nitrogens with one attached hydrogen (secondary N) is 1. The van der Waals surface area contributed by atoms with Gasteiger partial charge in [-0.25, -0.2) is 9.78 Å². The molecule has 0 saturated carbocycles. The molecule has 0 fully saturated rings. The summed E-state index contributed by atoms with van der Waals surface area (Å²) in [5, 5.41) is 3.14. The maximum atomic E-state index is 11.3. The largest absolute Gasteiger partial charge is 0.466 e. The second kappa shape index (κ2) is 7.97. The first-order chi connectivity index (χ1) is 10.7. The average molecular weight is 301 g/mol. The molecule has 0 bridgehead atoms. The Kier molecular flexibility index (Phi) is 5.71. The summed E-state index contributed by atoms with van der Waals surface area (Å²) in [6.45, 7) is 4.36. The van der Waals surface area contributed by atoms with Crippen LogP contribution >= 0.6 is 0 Å². The molecule has 2 rings (SSSR count). The number of anilines is 1. The van der Waals surface area contributed by atoms with Gasteiger partial charge in [0.05, 0.1) is 6.61 Å². The summed E-state index contributed by atoms with van der Waals surface area (Å²) in [6, 6.07) is 11.6. The maximum Gasteiger partial charge on any atom is 0.344 e. The van der Waals surface area contributed by atoms with Gasteiger partial charge in [0.2, 0.25) is 11.8 Å². The number of esters is 1. The lowest BCUT2D eigenvalue weighted by Crippen LogP contribution is -2.15. The van der Waals surface area contributed by atoms with E-state index < -0.39 is 5.97 Å². The van der Waals surface area contributed by atoms with Crippen LogP contribution in [0.25, 0.3) is 0 Å². The van der Waals surface area contributed by atoms with Crippen LogP contribution in [0, 0.1) is 6.92 Å². The summed E-state index contributed by atoms with van der Waals surface area (Å²) in [7, 11) is 0. The lowest BCUT2D eigenvalue weighted by Gasteiger charge is -2.09. The molecule has 0 spiro atoms. The van der Waals surface area contributed by atoms with Gasteiger partial charge in [0.25, 0.3) is 0 Å². The molecule has 1 N–H and O–H groups in total. The summed E-state index contributed by atoms with van der Waals surface area (Å²) in [4.78, 5) is 19.8. The molecule has 1 aromatic carbocycles. The number of nitrogens with zero attached hydrogens (tertiary/aromatic N) is 2. The number of hydrogen-bond donors (Lipinski definition) is 1. The van der Waals surface area contributed by atoms with E-state index in [1.807, 2.05) is 37.3 Å². The van der Waals surface area contributed by atoms with Crippen molar-refractivity contribution in [3.8, 4) is 5.88 Å². The van der Waals surface area contributed by atoms with Crippen molar-refractivity contribution in [3.05, 3.63) is 47.7 Å². The van der Waals surface area contributed by atoms with Gasteiger partial charge in [-0.1, -0.05) is 30.3 Å². The third-order valence-corrected chi connectivity index (χ3v) is 2.77. The quantitative estimate of drug-likeness (QED) is 0.791. The number of ether oxygens (including phenoxy) is 2. The molecule has 0 amide bonds. The van der Waals surface area contributed by atoms with Gasteiger partial charge in [-0.05, 0) is 19.4 Å². The second-order valence-corrected chi connectivity index (χ2v) is 4.60. The van der Waals surface area contributed by atoms with Crippen molar-refractivity contribution in [2.45, 2.75) is 20.4 Å². The fraction of sp³-hybridized carbons (Fsp3) is 0.312. The first kappa shape index (κ1) is 15.8. The molecule has 116 valence electrons. The van der Waals surface area contributed by atoms with Crippen LogP contribution in [0.2, 0.25) is 0 Å². The van der Waals surface area contributed by atoms with E-state index in [1.165, 1.54) is 0 Å². The number of aryl methyl sites for hydroxylation is 1. The van der Waals surface area contributed by atoms with Crippen molar-refractivity contribution in [1.82, 2.24) is 9.97 Å². The number of benzene rings is 1. The van der Waals surface area contributed by atoms with Gasteiger partial charge in [0.1, 0.15) is 0 Å². The molecule has 22 heavy (non-hydrogen) atoms.